The summed E-state index contributed by atoms with van der Waals surface area (Å²) in [5.74, 6) is 0.0958. The second kappa shape index (κ2) is 9.57. The van der Waals surface area contributed by atoms with Crippen LogP contribution in [-0.4, -0.2) is 72.2 Å². The van der Waals surface area contributed by atoms with Crippen LogP contribution in [0.4, 0.5) is 4.39 Å². The fraction of sp³-hybridized carbons (Fsp3) is 0.526. The summed E-state index contributed by atoms with van der Waals surface area (Å²) in [6, 6.07) is 6.26. The Labute approximate surface area is 158 Å². The van der Waals surface area contributed by atoms with Crippen LogP contribution in [0, 0.1) is 5.82 Å². The van der Waals surface area contributed by atoms with Gasteiger partial charge in [0.1, 0.15) is 5.82 Å². The fourth-order valence-electron chi connectivity index (χ4n) is 3.02. The lowest BCUT2D eigenvalue weighted by atomic mass is 10.2. The smallest absolute Gasteiger partial charge is 0.227 e. The van der Waals surface area contributed by atoms with Crippen LogP contribution in [0.5, 0.6) is 0 Å². The summed E-state index contributed by atoms with van der Waals surface area (Å²) < 4.78 is 18.9. The SMILES string of the molecule is CN1CCN(CCCNC(=O)CCc2nc(-c3ccccc3F)no2)CC1. The highest BCUT2D eigenvalue weighted by Gasteiger charge is 2.14. The number of rotatable bonds is 8. The molecule has 0 atom stereocenters. The van der Waals surface area contributed by atoms with Gasteiger partial charge in [0.25, 0.3) is 0 Å². The Morgan fingerprint density at radius 2 is 2.04 bits per heavy atom. The maximum Gasteiger partial charge on any atom is 0.227 e. The maximum atomic E-state index is 13.7. The third-order valence-corrected chi connectivity index (χ3v) is 4.72. The van der Waals surface area contributed by atoms with Gasteiger partial charge < -0.3 is 19.6 Å². The molecule has 2 heterocycles. The number of hydrogen-bond donors (Lipinski definition) is 1. The van der Waals surface area contributed by atoms with Gasteiger partial charge in [-0.3, -0.25) is 4.79 Å². The summed E-state index contributed by atoms with van der Waals surface area (Å²) in [4.78, 5) is 20.9. The minimum Gasteiger partial charge on any atom is -0.356 e. The van der Waals surface area contributed by atoms with E-state index in [1.807, 2.05) is 0 Å². The van der Waals surface area contributed by atoms with Crippen molar-refractivity contribution in [3.05, 3.63) is 36.0 Å². The predicted molar refractivity (Wildman–Crippen MR) is 99.6 cm³/mol. The summed E-state index contributed by atoms with van der Waals surface area (Å²) in [6.07, 6.45) is 1.55. The molecule has 1 saturated heterocycles. The number of benzene rings is 1. The average Bonchev–Trinajstić information content (AvgIpc) is 3.14. The van der Waals surface area contributed by atoms with E-state index < -0.39 is 5.82 Å². The van der Waals surface area contributed by atoms with Crippen molar-refractivity contribution in [1.29, 1.82) is 0 Å². The predicted octanol–water partition coefficient (Wildman–Crippen LogP) is 1.56. The summed E-state index contributed by atoms with van der Waals surface area (Å²) in [5, 5.41) is 6.71. The van der Waals surface area contributed by atoms with Gasteiger partial charge in [0, 0.05) is 45.6 Å². The molecule has 1 aliphatic heterocycles. The molecule has 8 heteroatoms. The quantitative estimate of drug-likeness (QED) is 0.706. The molecule has 1 fully saturated rings. The number of nitrogens with one attached hydrogen (secondary N) is 1. The van der Waals surface area contributed by atoms with E-state index >= 15 is 0 Å². The van der Waals surface area contributed by atoms with Crippen LogP contribution >= 0.6 is 0 Å². The highest BCUT2D eigenvalue weighted by Crippen LogP contribution is 2.19. The number of amides is 1. The van der Waals surface area contributed by atoms with E-state index in [-0.39, 0.29) is 18.2 Å². The molecule has 2 aromatic rings. The number of carbonyl (C=O) groups is 1. The van der Waals surface area contributed by atoms with Gasteiger partial charge in [-0.1, -0.05) is 17.3 Å². The van der Waals surface area contributed by atoms with Crippen LogP contribution in [0.1, 0.15) is 18.7 Å². The molecule has 1 aliphatic rings. The fourth-order valence-corrected chi connectivity index (χ4v) is 3.02. The van der Waals surface area contributed by atoms with E-state index in [9.17, 15) is 9.18 Å². The first-order valence-electron chi connectivity index (χ1n) is 9.37. The Morgan fingerprint density at radius 1 is 1.26 bits per heavy atom. The Morgan fingerprint density at radius 3 is 2.81 bits per heavy atom. The topological polar surface area (TPSA) is 74.5 Å². The molecule has 1 N–H and O–H groups in total. The molecular weight excluding hydrogens is 349 g/mol. The zero-order valence-electron chi connectivity index (χ0n) is 15.7. The Kier molecular flexibility index (Phi) is 6.89. The first-order chi connectivity index (χ1) is 13.1. The number of hydrogen-bond acceptors (Lipinski definition) is 6. The molecule has 0 spiro atoms. The molecule has 0 bridgehead atoms. The van der Waals surface area contributed by atoms with E-state index in [0.717, 1.165) is 39.1 Å². The third kappa shape index (κ3) is 5.83. The van der Waals surface area contributed by atoms with Crippen LogP contribution in [0.15, 0.2) is 28.8 Å². The zero-order valence-corrected chi connectivity index (χ0v) is 15.7. The van der Waals surface area contributed by atoms with Gasteiger partial charge in [0.2, 0.25) is 17.6 Å². The lowest BCUT2D eigenvalue weighted by Crippen LogP contribution is -2.45. The molecule has 1 aromatic carbocycles. The molecule has 0 aliphatic carbocycles. The largest absolute Gasteiger partial charge is 0.356 e. The van der Waals surface area contributed by atoms with E-state index in [2.05, 4.69) is 32.3 Å². The number of likely N-dealkylation sites (N-methyl/N-ethyl adjacent to an activating group) is 1. The molecule has 7 nitrogen and oxygen atoms in total. The first kappa shape index (κ1) is 19.4. The highest BCUT2D eigenvalue weighted by atomic mass is 19.1. The molecule has 146 valence electrons. The summed E-state index contributed by atoms with van der Waals surface area (Å²) >= 11 is 0. The van der Waals surface area contributed by atoms with Crippen LogP contribution < -0.4 is 5.32 Å². The second-order valence-corrected chi connectivity index (χ2v) is 6.84. The zero-order chi connectivity index (χ0) is 19.1. The van der Waals surface area contributed by atoms with E-state index in [1.54, 1.807) is 18.2 Å². The summed E-state index contributed by atoms with van der Waals surface area (Å²) in [5.41, 5.74) is 0.292. The van der Waals surface area contributed by atoms with Gasteiger partial charge in [-0.25, -0.2) is 4.39 Å². The van der Waals surface area contributed by atoms with Crippen molar-refractivity contribution >= 4 is 5.91 Å². The molecule has 0 unspecified atom stereocenters. The van der Waals surface area contributed by atoms with E-state index in [1.165, 1.54) is 6.07 Å². The monoisotopic (exact) mass is 375 g/mol. The molecule has 0 saturated carbocycles. The number of piperazine rings is 1. The van der Waals surface area contributed by atoms with Gasteiger partial charge >= 0.3 is 0 Å². The minimum absolute atomic E-state index is 0.0426. The molecule has 27 heavy (non-hydrogen) atoms. The molecule has 3 rings (SSSR count). The van der Waals surface area contributed by atoms with Gasteiger partial charge in [-0.15, -0.1) is 0 Å². The second-order valence-electron chi connectivity index (χ2n) is 6.84. The van der Waals surface area contributed by atoms with Crippen LogP contribution in [0.3, 0.4) is 0 Å². The normalized spacial score (nSPS) is 15.8. The highest BCUT2D eigenvalue weighted by molar-refractivity contribution is 5.75. The van der Waals surface area contributed by atoms with Gasteiger partial charge in [0.15, 0.2) is 0 Å². The lowest BCUT2D eigenvalue weighted by Gasteiger charge is -2.32. The Balaban J connectivity index is 1.34. The molecule has 1 aromatic heterocycles. The number of carbonyl (C=O) groups excluding carboxylic acids is 1. The van der Waals surface area contributed by atoms with Crippen LogP contribution in [0.25, 0.3) is 11.4 Å². The summed E-state index contributed by atoms with van der Waals surface area (Å²) in [7, 11) is 2.14. The molecular formula is C19H26FN5O2. The molecule has 0 radical (unpaired) electrons. The number of halogens is 1. The van der Waals surface area contributed by atoms with Gasteiger partial charge in [-0.2, -0.15) is 4.98 Å². The molecule has 1 amide bonds. The van der Waals surface area contributed by atoms with E-state index in [4.69, 9.17) is 4.52 Å². The Bertz CT molecular complexity index is 743. The van der Waals surface area contributed by atoms with Crippen molar-refractivity contribution in [1.82, 2.24) is 25.3 Å². The van der Waals surface area contributed by atoms with Crippen LogP contribution in [0.2, 0.25) is 0 Å². The third-order valence-electron chi connectivity index (χ3n) is 4.72. The standard InChI is InChI=1S/C19H26FN5O2/c1-24-11-13-25(14-12-24)10-4-9-21-17(26)7-8-18-22-19(23-27-18)15-5-2-3-6-16(15)20/h2-3,5-6H,4,7-14H2,1H3,(H,21,26). The van der Waals surface area contributed by atoms with Crippen molar-refractivity contribution in [2.75, 3.05) is 46.3 Å². The number of aromatic nitrogens is 2. The van der Waals surface area contributed by atoms with Gasteiger partial charge in [0.05, 0.1) is 5.56 Å². The summed E-state index contributed by atoms with van der Waals surface area (Å²) in [6.45, 7) is 6.05. The lowest BCUT2D eigenvalue weighted by molar-refractivity contribution is -0.121. The van der Waals surface area contributed by atoms with Gasteiger partial charge in [-0.05, 0) is 32.1 Å². The van der Waals surface area contributed by atoms with Crippen molar-refractivity contribution in [2.24, 2.45) is 0 Å². The Hall–Kier alpha value is -2.32. The number of aryl methyl sites for hydroxylation is 1. The van der Waals surface area contributed by atoms with E-state index in [0.29, 0.717) is 24.4 Å². The maximum absolute atomic E-state index is 13.7. The van der Waals surface area contributed by atoms with Crippen LogP contribution in [-0.2, 0) is 11.2 Å². The number of nitrogens with zero attached hydrogens (tertiary/aromatic N) is 4. The van der Waals surface area contributed by atoms with Crippen molar-refractivity contribution in [3.8, 4) is 11.4 Å². The van der Waals surface area contributed by atoms with Crippen molar-refractivity contribution in [3.63, 3.8) is 0 Å². The average molecular weight is 375 g/mol. The van der Waals surface area contributed by atoms with Crippen molar-refractivity contribution < 1.29 is 13.7 Å². The minimum atomic E-state index is -0.400. The first-order valence-corrected chi connectivity index (χ1v) is 9.37. The van der Waals surface area contributed by atoms with Crippen molar-refractivity contribution in [2.45, 2.75) is 19.3 Å².